The molecule has 0 aromatic heterocycles. The Morgan fingerprint density at radius 1 is 1.03 bits per heavy atom. The third-order valence-corrected chi connectivity index (χ3v) is 5.40. The van der Waals surface area contributed by atoms with Crippen LogP contribution in [0.15, 0.2) is 54.6 Å². The minimum atomic E-state index is -1.11. The highest BCUT2D eigenvalue weighted by Gasteiger charge is 2.45. The van der Waals surface area contributed by atoms with E-state index in [1.807, 2.05) is 64.1 Å². The predicted molar refractivity (Wildman–Crippen MR) is 119 cm³/mol. The van der Waals surface area contributed by atoms with Crippen molar-refractivity contribution in [3.05, 3.63) is 60.2 Å². The van der Waals surface area contributed by atoms with Crippen molar-refractivity contribution >= 4 is 11.8 Å². The van der Waals surface area contributed by atoms with Crippen LogP contribution in [-0.4, -0.2) is 48.1 Å². The average Bonchev–Trinajstić information content (AvgIpc) is 2.74. The Labute approximate surface area is 179 Å². The van der Waals surface area contributed by atoms with E-state index >= 15 is 0 Å². The summed E-state index contributed by atoms with van der Waals surface area (Å²) in [7, 11) is 0. The zero-order chi connectivity index (χ0) is 21.7. The van der Waals surface area contributed by atoms with Crippen molar-refractivity contribution in [1.29, 1.82) is 0 Å². The molecule has 0 aliphatic carbocycles. The molecule has 30 heavy (non-hydrogen) atoms. The van der Waals surface area contributed by atoms with Crippen LogP contribution in [0.3, 0.4) is 0 Å². The number of morpholine rings is 1. The molecule has 0 saturated carbocycles. The maximum Gasteiger partial charge on any atom is 0.254 e. The SMILES string of the molecule is CC(C)NC(=O)C1(Cc2ccccc2-c2ccccc2)CN(C(=O)C(C)C)CCO1. The van der Waals surface area contributed by atoms with Crippen LogP contribution in [0.1, 0.15) is 33.3 Å². The number of rotatable bonds is 6. The molecule has 2 amide bonds. The van der Waals surface area contributed by atoms with Gasteiger partial charge in [0.1, 0.15) is 0 Å². The van der Waals surface area contributed by atoms with E-state index in [0.29, 0.717) is 19.6 Å². The topological polar surface area (TPSA) is 58.6 Å². The van der Waals surface area contributed by atoms with E-state index in [2.05, 4.69) is 23.5 Å². The predicted octanol–water partition coefficient (Wildman–Crippen LogP) is 3.67. The molecule has 160 valence electrons. The fourth-order valence-electron chi connectivity index (χ4n) is 3.94. The van der Waals surface area contributed by atoms with Crippen molar-refractivity contribution in [2.24, 2.45) is 5.92 Å². The van der Waals surface area contributed by atoms with Crippen molar-refractivity contribution in [2.75, 3.05) is 19.7 Å². The van der Waals surface area contributed by atoms with Crippen LogP contribution in [-0.2, 0) is 20.7 Å². The van der Waals surface area contributed by atoms with Gasteiger partial charge < -0.3 is 15.0 Å². The van der Waals surface area contributed by atoms with E-state index in [-0.39, 0.29) is 30.3 Å². The van der Waals surface area contributed by atoms with Crippen molar-refractivity contribution in [3.8, 4) is 11.1 Å². The van der Waals surface area contributed by atoms with Crippen LogP contribution < -0.4 is 5.32 Å². The summed E-state index contributed by atoms with van der Waals surface area (Å²) < 4.78 is 6.18. The lowest BCUT2D eigenvalue weighted by molar-refractivity contribution is -0.167. The number of nitrogens with one attached hydrogen (secondary N) is 1. The first-order chi connectivity index (χ1) is 14.3. The van der Waals surface area contributed by atoms with Gasteiger partial charge in [-0.25, -0.2) is 0 Å². The van der Waals surface area contributed by atoms with Crippen LogP contribution >= 0.6 is 0 Å². The number of ether oxygens (including phenoxy) is 1. The fraction of sp³-hybridized carbons (Fsp3) is 0.440. The average molecular weight is 409 g/mol. The molecule has 1 fully saturated rings. The lowest BCUT2D eigenvalue weighted by atomic mass is 9.87. The maximum atomic E-state index is 13.3. The molecule has 1 N–H and O–H groups in total. The fourth-order valence-corrected chi connectivity index (χ4v) is 3.94. The standard InChI is InChI=1S/C25H32N2O3/c1-18(2)23(28)27-14-15-30-25(17-27,24(29)26-19(3)4)16-21-12-8-9-13-22(21)20-10-6-5-7-11-20/h5-13,18-19H,14-17H2,1-4H3,(H,26,29). The molecule has 2 aromatic carbocycles. The number of hydrogen-bond donors (Lipinski definition) is 1. The highest BCUT2D eigenvalue weighted by atomic mass is 16.5. The van der Waals surface area contributed by atoms with E-state index in [1.165, 1.54) is 0 Å². The zero-order valence-electron chi connectivity index (χ0n) is 18.4. The third-order valence-electron chi connectivity index (χ3n) is 5.40. The van der Waals surface area contributed by atoms with Gasteiger partial charge in [-0.3, -0.25) is 9.59 Å². The summed E-state index contributed by atoms with van der Waals surface area (Å²) in [5, 5.41) is 3.02. The molecule has 5 nitrogen and oxygen atoms in total. The summed E-state index contributed by atoms with van der Waals surface area (Å²) in [6, 6.07) is 18.2. The van der Waals surface area contributed by atoms with Gasteiger partial charge in [0, 0.05) is 24.9 Å². The second-order valence-electron chi connectivity index (χ2n) is 8.59. The second kappa shape index (κ2) is 9.43. The number of nitrogens with zero attached hydrogens (tertiary/aromatic N) is 1. The van der Waals surface area contributed by atoms with Gasteiger partial charge in [-0.15, -0.1) is 0 Å². The first-order valence-corrected chi connectivity index (χ1v) is 10.7. The number of carbonyl (C=O) groups is 2. The smallest absolute Gasteiger partial charge is 0.254 e. The summed E-state index contributed by atoms with van der Waals surface area (Å²) in [6.07, 6.45) is 0.401. The van der Waals surface area contributed by atoms with Crippen LogP contribution in [0.5, 0.6) is 0 Å². The van der Waals surface area contributed by atoms with Gasteiger partial charge in [0.15, 0.2) is 5.60 Å². The summed E-state index contributed by atoms with van der Waals surface area (Å²) in [5.41, 5.74) is 2.09. The zero-order valence-corrected chi connectivity index (χ0v) is 18.4. The molecule has 0 radical (unpaired) electrons. The summed E-state index contributed by atoms with van der Waals surface area (Å²) in [5.74, 6) is -0.233. The normalized spacial score (nSPS) is 19.2. The van der Waals surface area contributed by atoms with E-state index in [4.69, 9.17) is 4.74 Å². The lowest BCUT2D eigenvalue weighted by Crippen LogP contribution is -2.63. The van der Waals surface area contributed by atoms with Crippen molar-refractivity contribution < 1.29 is 14.3 Å². The Bertz CT molecular complexity index is 879. The van der Waals surface area contributed by atoms with Crippen molar-refractivity contribution in [2.45, 2.75) is 45.8 Å². The second-order valence-corrected chi connectivity index (χ2v) is 8.59. The molecule has 2 aromatic rings. The van der Waals surface area contributed by atoms with Crippen LogP contribution in [0.25, 0.3) is 11.1 Å². The Hall–Kier alpha value is -2.66. The maximum absolute atomic E-state index is 13.3. The molecule has 1 heterocycles. The Morgan fingerprint density at radius 3 is 2.37 bits per heavy atom. The van der Waals surface area contributed by atoms with Gasteiger partial charge in [0.05, 0.1) is 13.2 Å². The summed E-state index contributed by atoms with van der Waals surface area (Å²) in [4.78, 5) is 27.8. The van der Waals surface area contributed by atoms with E-state index in [0.717, 1.165) is 16.7 Å². The van der Waals surface area contributed by atoms with Crippen LogP contribution in [0.4, 0.5) is 0 Å². The summed E-state index contributed by atoms with van der Waals surface area (Å²) >= 11 is 0. The molecule has 3 rings (SSSR count). The lowest BCUT2D eigenvalue weighted by Gasteiger charge is -2.42. The van der Waals surface area contributed by atoms with Gasteiger partial charge in [0.25, 0.3) is 5.91 Å². The minimum Gasteiger partial charge on any atom is -0.361 e. The number of carbonyl (C=O) groups excluding carboxylic acids is 2. The quantitative estimate of drug-likeness (QED) is 0.793. The third kappa shape index (κ3) is 4.90. The highest BCUT2D eigenvalue weighted by molar-refractivity contribution is 5.88. The molecule has 1 aliphatic heterocycles. The number of amides is 2. The summed E-state index contributed by atoms with van der Waals surface area (Å²) in [6.45, 7) is 8.75. The molecule has 1 saturated heterocycles. The largest absolute Gasteiger partial charge is 0.361 e. The molecular formula is C25H32N2O3. The van der Waals surface area contributed by atoms with Gasteiger partial charge in [-0.2, -0.15) is 0 Å². The first-order valence-electron chi connectivity index (χ1n) is 10.7. The molecule has 0 bridgehead atoms. The molecule has 1 aliphatic rings. The molecule has 1 atom stereocenters. The van der Waals surface area contributed by atoms with E-state index in [9.17, 15) is 9.59 Å². The Balaban J connectivity index is 1.99. The molecule has 1 unspecified atom stereocenters. The van der Waals surface area contributed by atoms with Gasteiger partial charge in [0.2, 0.25) is 5.91 Å². The number of hydrogen-bond acceptors (Lipinski definition) is 3. The number of benzene rings is 2. The molecule has 0 spiro atoms. The highest BCUT2D eigenvalue weighted by Crippen LogP contribution is 2.31. The first kappa shape index (κ1) is 22.0. The van der Waals surface area contributed by atoms with Gasteiger partial charge >= 0.3 is 0 Å². The van der Waals surface area contributed by atoms with Crippen LogP contribution in [0.2, 0.25) is 0 Å². The van der Waals surface area contributed by atoms with Crippen LogP contribution in [0, 0.1) is 5.92 Å². The van der Waals surface area contributed by atoms with Gasteiger partial charge in [-0.05, 0) is 30.5 Å². The van der Waals surface area contributed by atoms with E-state index in [1.54, 1.807) is 4.90 Å². The van der Waals surface area contributed by atoms with E-state index < -0.39 is 5.60 Å². The molecular weight excluding hydrogens is 376 g/mol. The van der Waals surface area contributed by atoms with Crippen molar-refractivity contribution in [1.82, 2.24) is 10.2 Å². The minimum absolute atomic E-state index is 0.0153. The monoisotopic (exact) mass is 408 g/mol. The van der Waals surface area contributed by atoms with Gasteiger partial charge in [-0.1, -0.05) is 68.4 Å². The Kier molecular flexibility index (Phi) is 6.93. The van der Waals surface area contributed by atoms with Crippen molar-refractivity contribution in [3.63, 3.8) is 0 Å². The Morgan fingerprint density at radius 2 is 1.70 bits per heavy atom. The molecule has 5 heteroatoms.